The Balaban J connectivity index is 1.56. The first-order valence-corrected chi connectivity index (χ1v) is 12.5. The highest BCUT2D eigenvalue weighted by molar-refractivity contribution is 7.17. The van der Waals surface area contributed by atoms with Gasteiger partial charge in [0.15, 0.2) is 11.5 Å². The molecule has 0 atom stereocenters. The molecule has 7 nitrogen and oxygen atoms in total. The molecule has 0 spiro atoms. The van der Waals surface area contributed by atoms with Crippen LogP contribution in [-0.2, 0) is 0 Å². The van der Waals surface area contributed by atoms with E-state index in [9.17, 15) is 9.90 Å². The van der Waals surface area contributed by atoms with Crippen LogP contribution in [0, 0.1) is 0 Å². The summed E-state index contributed by atoms with van der Waals surface area (Å²) in [6, 6.07) is 15.5. The summed E-state index contributed by atoms with van der Waals surface area (Å²) < 4.78 is 1.46. The second kappa shape index (κ2) is 8.63. The Hall–Kier alpha value is -3.04. The molecule has 3 aromatic heterocycles. The predicted octanol–water partition coefficient (Wildman–Crippen LogP) is 3.89. The summed E-state index contributed by atoms with van der Waals surface area (Å²) in [5, 5.41) is 19.2. The number of aliphatic hydroxyl groups is 1. The molecule has 0 unspecified atom stereocenters. The number of anilines is 1. The molecule has 1 aliphatic heterocycles. The van der Waals surface area contributed by atoms with Crippen molar-refractivity contribution in [3.63, 3.8) is 0 Å². The number of piperazine rings is 1. The number of halogens is 1. The lowest BCUT2D eigenvalue weighted by molar-refractivity contribution is 0.188. The number of fused-ring (bicyclic) bond motifs is 4. The number of aromatic nitrogens is 3. The molecule has 34 heavy (non-hydrogen) atoms. The quantitative estimate of drug-likeness (QED) is 0.384. The van der Waals surface area contributed by atoms with Crippen molar-refractivity contribution in [1.29, 1.82) is 0 Å². The van der Waals surface area contributed by atoms with Crippen LogP contribution in [-0.4, -0.2) is 63.9 Å². The third-order valence-corrected chi connectivity index (χ3v) is 7.56. The highest BCUT2D eigenvalue weighted by Gasteiger charge is 2.23. The predicted molar refractivity (Wildman–Crippen MR) is 138 cm³/mol. The highest BCUT2D eigenvalue weighted by Crippen LogP contribution is 2.33. The van der Waals surface area contributed by atoms with Crippen LogP contribution in [0.4, 0.5) is 5.82 Å². The van der Waals surface area contributed by atoms with Gasteiger partial charge in [-0.25, -0.2) is 4.98 Å². The molecule has 0 bridgehead atoms. The number of rotatable bonds is 4. The average molecular weight is 492 g/mol. The topological polar surface area (TPSA) is 74.0 Å². The Morgan fingerprint density at radius 1 is 1.00 bits per heavy atom. The van der Waals surface area contributed by atoms with Gasteiger partial charge in [-0.2, -0.15) is 4.52 Å². The van der Waals surface area contributed by atoms with E-state index in [-0.39, 0.29) is 12.2 Å². The molecule has 2 aromatic carbocycles. The van der Waals surface area contributed by atoms with Gasteiger partial charge in [-0.15, -0.1) is 16.4 Å². The SMILES string of the molecule is O=c1c2c(-c3ccc(Cl)cc3)csc2nc2c3ccccc3c(N3CCN(CCO)CC3)nn12. The van der Waals surface area contributed by atoms with Gasteiger partial charge in [-0.3, -0.25) is 9.69 Å². The summed E-state index contributed by atoms with van der Waals surface area (Å²) in [5.41, 5.74) is 2.17. The molecule has 0 amide bonds. The summed E-state index contributed by atoms with van der Waals surface area (Å²) in [7, 11) is 0. The van der Waals surface area contributed by atoms with Gasteiger partial charge in [0.25, 0.3) is 5.56 Å². The lowest BCUT2D eigenvalue weighted by Gasteiger charge is -2.35. The van der Waals surface area contributed by atoms with Gasteiger partial charge in [-0.05, 0) is 17.7 Å². The van der Waals surface area contributed by atoms with Crippen LogP contribution in [0.15, 0.2) is 58.7 Å². The zero-order chi connectivity index (χ0) is 23.2. The zero-order valence-electron chi connectivity index (χ0n) is 18.3. The van der Waals surface area contributed by atoms with Crippen LogP contribution in [0.25, 0.3) is 37.8 Å². The van der Waals surface area contributed by atoms with Crippen LogP contribution >= 0.6 is 22.9 Å². The molecule has 1 saturated heterocycles. The van der Waals surface area contributed by atoms with Crippen molar-refractivity contribution in [3.05, 3.63) is 69.3 Å². The van der Waals surface area contributed by atoms with Crippen molar-refractivity contribution < 1.29 is 5.11 Å². The second-order valence-corrected chi connectivity index (χ2v) is 9.70. The normalized spacial score (nSPS) is 15.1. The Labute approximate surface area is 204 Å². The highest BCUT2D eigenvalue weighted by atomic mass is 35.5. The lowest BCUT2D eigenvalue weighted by Crippen LogP contribution is -2.47. The number of aliphatic hydroxyl groups excluding tert-OH is 1. The van der Waals surface area contributed by atoms with Gasteiger partial charge in [0.1, 0.15) is 4.83 Å². The first-order chi connectivity index (χ1) is 16.6. The monoisotopic (exact) mass is 491 g/mol. The maximum Gasteiger partial charge on any atom is 0.283 e. The van der Waals surface area contributed by atoms with Crippen molar-refractivity contribution in [2.75, 3.05) is 44.2 Å². The van der Waals surface area contributed by atoms with Crippen molar-refractivity contribution in [2.24, 2.45) is 0 Å². The van der Waals surface area contributed by atoms with E-state index in [2.05, 4.69) is 9.80 Å². The van der Waals surface area contributed by atoms with Gasteiger partial charge in [0, 0.05) is 59.5 Å². The number of benzene rings is 2. The minimum atomic E-state index is -0.169. The summed E-state index contributed by atoms with van der Waals surface area (Å²) in [5.74, 6) is 0.790. The van der Waals surface area contributed by atoms with E-state index in [1.54, 1.807) is 0 Å². The summed E-state index contributed by atoms with van der Waals surface area (Å²) >= 11 is 7.53. The Morgan fingerprint density at radius 2 is 1.74 bits per heavy atom. The van der Waals surface area contributed by atoms with Crippen LogP contribution in [0.5, 0.6) is 0 Å². The summed E-state index contributed by atoms with van der Waals surface area (Å²) in [6.07, 6.45) is 0. The van der Waals surface area contributed by atoms with E-state index in [0.29, 0.717) is 27.4 Å². The van der Waals surface area contributed by atoms with Gasteiger partial charge < -0.3 is 10.0 Å². The molecular formula is C25H22ClN5O2S. The Kier molecular flexibility index (Phi) is 5.45. The van der Waals surface area contributed by atoms with E-state index < -0.39 is 0 Å². The number of thiophene rings is 1. The third-order valence-electron chi connectivity index (χ3n) is 6.43. The smallest absolute Gasteiger partial charge is 0.283 e. The minimum absolute atomic E-state index is 0.158. The van der Waals surface area contributed by atoms with Crippen LogP contribution in [0.3, 0.4) is 0 Å². The van der Waals surface area contributed by atoms with Crippen molar-refractivity contribution in [2.45, 2.75) is 0 Å². The van der Waals surface area contributed by atoms with E-state index in [0.717, 1.165) is 53.9 Å². The molecule has 0 saturated carbocycles. The van der Waals surface area contributed by atoms with Crippen molar-refractivity contribution in [3.8, 4) is 11.1 Å². The van der Waals surface area contributed by atoms with E-state index >= 15 is 0 Å². The molecule has 4 heterocycles. The summed E-state index contributed by atoms with van der Waals surface area (Å²) in [4.78, 5) is 23.9. The molecule has 1 aliphatic rings. The first kappa shape index (κ1) is 21.5. The first-order valence-electron chi connectivity index (χ1n) is 11.2. The van der Waals surface area contributed by atoms with Crippen LogP contribution in [0.2, 0.25) is 5.02 Å². The molecule has 1 fully saturated rings. The van der Waals surface area contributed by atoms with E-state index in [4.69, 9.17) is 21.7 Å². The number of β-amino-alcohol motifs (C(OH)–C–C–N with tert-alkyl or cyclic N) is 1. The molecule has 5 aromatic rings. The lowest BCUT2D eigenvalue weighted by atomic mass is 10.1. The molecule has 6 rings (SSSR count). The van der Waals surface area contributed by atoms with E-state index in [1.807, 2.05) is 53.9 Å². The fourth-order valence-electron chi connectivity index (χ4n) is 4.67. The Morgan fingerprint density at radius 3 is 2.47 bits per heavy atom. The number of hydrogen-bond donors (Lipinski definition) is 1. The second-order valence-electron chi connectivity index (χ2n) is 8.41. The number of nitrogens with zero attached hydrogens (tertiary/aromatic N) is 5. The van der Waals surface area contributed by atoms with Crippen LogP contribution < -0.4 is 10.5 Å². The van der Waals surface area contributed by atoms with Crippen molar-refractivity contribution in [1.82, 2.24) is 19.5 Å². The standard InChI is InChI=1S/C25H22ClN5O2S/c26-17-7-5-16(6-8-17)20-15-34-24-21(20)25(33)31-22(27-24)18-3-1-2-4-19(18)23(28-31)30-11-9-29(10-12-30)13-14-32/h1-8,15,32H,9-14H2. The van der Waals surface area contributed by atoms with E-state index in [1.165, 1.54) is 15.9 Å². The third kappa shape index (κ3) is 3.54. The van der Waals surface area contributed by atoms with Gasteiger partial charge >= 0.3 is 0 Å². The van der Waals surface area contributed by atoms with Gasteiger partial charge in [0.2, 0.25) is 0 Å². The minimum Gasteiger partial charge on any atom is -0.395 e. The maximum absolute atomic E-state index is 13.8. The average Bonchev–Trinajstić information content (AvgIpc) is 3.29. The fourth-order valence-corrected chi connectivity index (χ4v) is 5.73. The Bertz CT molecular complexity index is 1570. The molecule has 172 valence electrons. The van der Waals surface area contributed by atoms with Gasteiger partial charge in [0.05, 0.1) is 12.0 Å². The molecule has 1 N–H and O–H groups in total. The van der Waals surface area contributed by atoms with Gasteiger partial charge in [-0.1, -0.05) is 48.0 Å². The molecule has 9 heteroatoms. The zero-order valence-corrected chi connectivity index (χ0v) is 19.9. The molecule has 0 radical (unpaired) electrons. The van der Waals surface area contributed by atoms with Crippen molar-refractivity contribution >= 4 is 55.4 Å². The molecular weight excluding hydrogens is 470 g/mol. The number of hydrogen-bond acceptors (Lipinski definition) is 7. The molecule has 0 aliphatic carbocycles. The maximum atomic E-state index is 13.8. The largest absolute Gasteiger partial charge is 0.395 e. The summed E-state index contributed by atoms with van der Waals surface area (Å²) in [6.45, 7) is 4.07. The van der Waals surface area contributed by atoms with Crippen LogP contribution in [0.1, 0.15) is 0 Å². The fraction of sp³-hybridized carbons (Fsp3) is 0.240.